The van der Waals surface area contributed by atoms with Crippen molar-refractivity contribution in [2.45, 2.75) is 32.5 Å². The molecule has 0 N–H and O–H groups in total. The van der Waals surface area contributed by atoms with Gasteiger partial charge in [-0.2, -0.15) is 0 Å². The minimum atomic E-state index is -4.98. The Hall–Kier alpha value is -3.07. The van der Waals surface area contributed by atoms with Gasteiger partial charge < -0.3 is 4.74 Å². The topological polar surface area (TPSA) is 9.23 Å². The predicted molar refractivity (Wildman–Crippen MR) is 102 cm³/mol. The van der Waals surface area contributed by atoms with Gasteiger partial charge in [0.2, 0.25) is 0 Å². The largest absolute Gasteiger partial charge is 0.573 e. The standard InChI is InChI=1S/C23H17F5O/c1-2-3-4-15-5-8-17(20(24)14-15)9-6-16-7-11-19-18(13-16)10-12-21(22(19)25)29-23(26,27)28/h5,7-8,10-14H,2-4H2,1H3. The third-order valence-corrected chi connectivity index (χ3v) is 4.34. The Balaban J connectivity index is 1.86. The molecule has 1 nitrogen and oxygen atoms in total. The minimum absolute atomic E-state index is 0.0243. The minimum Gasteiger partial charge on any atom is -0.403 e. The maximum atomic E-state index is 14.3. The lowest BCUT2D eigenvalue weighted by Gasteiger charge is -2.11. The molecule has 0 atom stereocenters. The Morgan fingerprint density at radius 3 is 2.41 bits per heavy atom. The van der Waals surface area contributed by atoms with E-state index in [0.717, 1.165) is 30.9 Å². The summed E-state index contributed by atoms with van der Waals surface area (Å²) in [6.07, 6.45) is -2.17. The molecule has 0 amide bonds. The van der Waals surface area contributed by atoms with E-state index in [1.54, 1.807) is 6.07 Å². The summed E-state index contributed by atoms with van der Waals surface area (Å²) in [7, 11) is 0. The number of unbranched alkanes of at least 4 members (excludes halogenated alkanes) is 1. The summed E-state index contributed by atoms with van der Waals surface area (Å²) in [5.74, 6) is 3.14. The number of benzene rings is 3. The molecule has 0 spiro atoms. The number of rotatable bonds is 4. The molecule has 0 heterocycles. The smallest absolute Gasteiger partial charge is 0.403 e. The first kappa shape index (κ1) is 20.7. The Kier molecular flexibility index (Phi) is 6.07. The van der Waals surface area contributed by atoms with E-state index in [1.807, 2.05) is 6.07 Å². The lowest BCUT2D eigenvalue weighted by atomic mass is 10.0. The monoisotopic (exact) mass is 404 g/mol. The van der Waals surface area contributed by atoms with Crippen molar-refractivity contribution < 1.29 is 26.7 Å². The number of halogens is 5. The molecule has 150 valence electrons. The summed E-state index contributed by atoms with van der Waals surface area (Å²) >= 11 is 0. The average molecular weight is 404 g/mol. The van der Waals surface area contributed by atoms with Crippen molar-refractivity contribution >= 4 is 10.8 Å². The van der Waals surface area contributed by atoms with E-state index in [9.17, 15) is 22.0 Å². The Bertz CT molecular complexity index is 1090. The molecule has 0 aliphatic rings. The normalized spacial score (nSPS) is 11.2. The SMILES string of the molecule is CCCCc1ccc(C#Cc2ccc3c(F)c(OC(F)(F)F)ccc3c2)c(F)c1. The van der Waals surface area contributed by atoms with Gasteiger partial charge >= 0.3 is 6.36 Å². The molecule has 3 rings (SSSR count). The summed E-state index contributed by atoms with van der Waals surface area (Å²) < 4.78 is 69.1. The highest BCUT2D eigenvalue weighted by atomic mass is 19.4. The maximum Gasteiger partial charge on any atom is 0.573 e. The molecule has 0 aliphatic heterocycles. The molecule has 3 aromatic rings. The molecule has 0 unspecified atom stereocenters. The zero-order chi connectivity index (χ0) is 21.0. The van der Waals surface area contributed by atoms with Crippen LogP contribution in [-0.4, -0.2) is 6.36 Å². The summed E-state index contributed by atoms with van der Waals surface area (Å²) in [5, 5.41) is 0.336. The molecule has 0 saturated carbocycles. The summed E-state index contributed by atoms with van der Waals surface area (Å²) in [4.78, 5) is 0. The summed E-state index contributed by atoms with van der Waals surface area (Å²) in [5.41, 5.74) is 1.63. The van der Waals surface area contributed by atoms with Crippen molar-refractivity contribution in [3.05, 3.63) is 76.9 Å². The van der Waals surface area contributed by atoms with Crippen LogP contribution in [0, 0.1) is 23.5 Å². The van der Waals surface area contributed by atoms with Crippen LogP contribution in [0.3, 0.4) is 0 Å². The van der Waals surface area contributed by atoms with Crippen molar-refractivity contribution in [2.75, 3.05) is 0 Å². The predicted octanol–water partition coefficient (Wildman–Crippen LogP) is 6.76. The van der Waals surface area contributed by atoms with Crippen LogP contribution in [0.25, 0.3) is 10.8 Å². The van der Waals surface area contributed by atoms with Crippen LogP contribution < -0.4 is 4.74 Å². The van der Waals surface area contributed by atoms with Crippen LogP contribution in [0.1, 0.15) is 36.5 Å². The maximum absolute atomic E-state index is 14.3. The molecule has 0 fully saturated rings. The summed E-state index contributed by atoms with van der Waals surface area (Å²) in [6.45, 7) is 2.07. The highest BCUT2D eigenvalue weighted by Gasteiger charge is 2.32. The highest BCUT2D eigenvalue weighted by Crippen LogP contribution is 2.31. The number of alkyl halides is 3. The molecule has 6 heteroatoms. The molecular formula is C23H17F5O. The summed E-state index contributed by atoms with van der Waals surface area (Å²) in [6, 6.07) is 11.5. The molecule has 29 heavy (non-hydrogen) atoms. The van der Waals surface area contributed by atoms with E-state index in [2.05, 4.69) is 23.5 Å². The Morgan fingerprint density at radius 2 is 1.72 bits per heavy atom. The zero-order valence-electron chi connectivity index (χ0n) is 15.5. The lowest BCUT2D eigenvalue weighted by Crippen LogP contribution is -2.17. The number of hydrogen-bond donors (Lipinski definition) is 0. The second kappa shape index (κ2) is 8.52. The quantitative estimate of drug-likeness (QED) is 0.345. The van der Waals surface area contributed by atoms with Gasteiger partial charge in [-0.05, 0) is 54.1 Å². The van der Waals surface area contributed by atoms with Gasteiger partial charge in [-0.15, -0.1) is 13.2 Å². The first-order valence-corrected chi connectivity index (χ1v) is 9.05. The Labute approximate surface area is 165 Å². The molecule has 0 aromatic heterocycles. The first-order valence-electron chi connectivity index (χ1n) is 9.05. The van der Waals surface area contributed by atoms with E-state index in [4.69, 9.17) is 0 Å². The third-order valence-electron chi connectivity index (χ3n) is 4.34. The molecule has 0 aliphatic carbocycles. The van der Waals surface area contributed by atoms with Crippen LogP contribution in [0.2, 0.25) is 0 Å². The van der Waals surface area contributed by atoms with Gasteiger partial charge in [0.05, 0.1) is 5.56 Å². The van der Waals surface area contributed by atoms with Gasteiger partial charge in [0.25, 0.3) is 0 Å². The van der Waals surface area contributed by atoms with Gasteiger partial charge in [-0.1, -0.05) is 43.4 Å². The lowest BCUT2D eigenvalue weighted by molar-refractivity contribution is -0.275. The fourth-order valence-corrected chi connectivity index (χ4v) is 2.89. The molecule has 3 aromatic carbocycles. The highest BCUT2D eigenvalue weighted by molar-refractivity contribution is 5.86. The van der Waals surface area contributed by atoms with E-state index in [0.29, 0.717) is 10.9 Å². The second-order valence-electron chi connectivity index (χ2n) is 6.53. The van der Waals surface area contributed by atoms with Crippen molar-refractivity contribution in [1.29, 1.82) is 0 Å². The average Bonchev–Trinajstić information content (AvgIpc) is 2.67. The number of hydrogen-bond acceptors (Lipinski definition) is 1. The van der Waals surface area contributed by atoms with Crippen LogP contribution >= 0.6 is 0 Å². The van der Waals surface area contributed by atoms with Crippen molar-refractivity contribution in [1.82, 2.24) is 0 Å². The van der Waals surface area contributed by atoms with Gasteiger partial charge in [0.1, 0.15) is 5.82 Å². The molecular weight excluding hydrogens is 387 g/mol. The molecule has 0 saturated heterocycles. The van der Waals surface area contributed by atoms with Crippen LogP contribution in [0.15, 0.2) is 48.5 Å². The van der Waals surface area contributed by atoms with Crippen LogP contribution in [0.4, 0.5) is 22.0 Å². The van der Waals surface area contributed by atoms with E-state index in [1.165, 1.54) is 30.3 Å². The number of aryl methyl sites for hydroxylation is 1. The fourth-order valence-electron chi connectivity index (χ4n) is 2.89. The van der Waals surface area contributed by atoms with E-state index in [-0.39, 0.29) is 10.9 Å². The van der Waals surface area contributed by atoms with Crippen molar-refractivity contribution in [3.8, 4) is 17.6 Å². The molecule has 0 radical (unpaired) electrons. The third kappa shape index (κ3) is 5.26. The Morgan fingerprint density at radius 1 is 0.931 bits per heavy atom. The van der Waals surface area contributed by atoms with Crippen LogP contribution in [-0.2, 0) is 6.42 Å². The van der Waals surface area contributed by atoms with Gasteiger partial charge in [0, 0.05) is 10.9 Å². The van der Waals surface area contributed by atoms with Gasteiger partial charge in [0.15, 0.2) is 11.6 Å². The molecule has 0 bridgehead atoms. The zero-order valence-corrected chi connectivity index (χ0v) is 15.5. The van der Waals surface area contributed by atoms with Crippen molar-refractivity contribution in [3.63, 3.8) is 0 Å². The number of fused-ring (bicyclic) bond motifs is 1. The second-order valence-corrected chi connectivity index (χ2v) is 6.53. The van der Waals surface area contributed by atoms with Crippen LogP contribution in [0.5, 0.6) is 5.75 Å². The fraction of sp³-hybridized carbons (Fsp3) is 0.217. The van der Waals surface area contributed by atoms with E-state index < -0.39 is 23.7 Å². The van der Waals surface area contributed by atoms with Gasteiger partial charge in [-0.3, -0.25) is 0 Å². The first-order chi connectivity index (χ1) is 13.8. The number of ether oxygens (including phenoxy) is 1. The van der Waals surface area contributed by atoms with E-state index >= 15 is 0 Å². The van der Waals surface area contributed by atoms with Gasteiger partial charge in [-0.25, -0.2) is 8.78 Å². The van der Waals surface area contributed by atoms with Crippen molar-refractivity contribution in [2.24, 2.45) is 0 Å².